The summed E-state index contributed by atoms with van der Waals surface area (Å²) >= 11 is 0. The highest BCUT2D eigenvalue weighted by Crippen LogP contribution is 2.16. The highest BCUT2D eigenvalue weighted by Gasteiger charge is 2.27. The molecule has 0 spiro atoms. The predicted molar refractivity (Wildman–Crippen MR) is 129 cm³/mol. The Bertz CT molecular complexity index is 743. The fraction of sp³-hybridized carbons (Fsp3) is 0.720. The Kier molecular flexibility index (Phi) is 11.0. The van der Waals surface area contributed by atoms with Crippen molar-refractivity contribution < 1.29 is 28.8 Å². The summed E-state index contributed by atoms with van der Waals surface area (Å²) in [6.45, 7) is 11.9. The molecule has 2 aliphatic heterocycles. The number of carbonyl (C=O) groups excluding carboxylic acids is 1. The molecule has 1 N–H and O–H groups in total. The van der Waals surface area contributed by atoms with Gasteiger partial charge in [0.25, 0.3) is 5.91 Å². The number of hydrogen-bond donors (Lipinski definition) is 1. The molecule has 1 aromatic carbocycles. The first-order valence-corrected chi connectivity index (χ1v) is 12.3. The summed E-state index contributed by atoms with van der Waals surface area (Å²) in [5, 5.41) is 10.3. The van der Waals surface area contributed by atoms with Crippen LogP contribution in [0.15, 0.2) is 24.3 Å². The van der Waals surface area contributed by atoms with E-state index < -0.39 is 6.10 Å². The van der Waals surface area contributed by atoms with Gasteiger partial charge in [-0.25, -0.2) is 0 Å². The number of methoxy groups -OCH3 is 1. The van der Waals surface area contributed by atoms with Crippen molar-refractivity contribution in [3.63, 3.8) is 0 Å². The summed E-state index contributed by atoms with van der Waals surface area (Å²) in [4.78, 5) is 19.9. The second-order valence-corrected chi connectivity index (χ2v) is 9.23. The zero-order chi connectivity index (χ0) is 24.3. The number of amides is 1. The first-order valence-electron chi connectivity index (χ1n) is 12.3. The second kappa shape index (κ2) is 14.0. The number of carbonyl (C=O) groups is 1. The summed E-state index contributed by atoms with van der Waals surface area (Å²) in [6.07, 6.45) is -0.571. The van der Waals surface area contributed by atoms with Gasteiger partial charge in [0, 0.05) is 57.9 Å². The Labute approximate surface area is 203 Å². The van der Waals surface area contributed by atoms with Crippen molar-refractivity contribution in [2.45, 2.75) is 32.2 Å². The van der Waals surface area contributed by atoms with Crippen LogP contribution in [0, 0.1) is 0 Å². The number of β-amino-alcohol motifs (C(OH)–C–C–N with tert-alkyl or cyclic N) is 1. The van der Waals surface area contributed by atoms with Crippen LogP contribution >= 0.6 is 0 Å². The lowest BCUT2D eigenvalue weighted by Crippen LogP contribution is -2.52. The highest BCUT2D eigenvalue weighted by molar-refractivity contribution is 5.94. The van der Waals surface area contributed by atoms with Gasteiger partial charge < -0.3 is 29.0 Å². The van der Waals surface area contributed by atoms with Gasteiger partial charge in [-0.05, 0) is 32.0 Å². The first-order chi connectivity index (χ1) is 16.4. The number of aliphatic hydroxyl groups is 1. The molecule has 34 heavy (non-hydrogen) atoms. The van der Waals surface area contributed by atoms with Crippen molar-refractivity contribution in [2.24, 2.45) is 0 Å². The summed E-state index contributed by atoms with van der Waals surface area (Å²) in [5.74, 6) is 0.634. The molecule has 0 saturated carbocycles. The maximum absolute atomic E-state index is 13.5. The molecule has 0 radical (unpaired) electrons. The third-order valence-corrected chi connectivity index (χ3v) is 6.13. The van der Waals surface area contributed by atoms with E-state index in [0.717, 1.165) is 39.4 Å². The van der Waals surface area contributed by atoms with E-state index >= 15 is 0 Å². The molecule has 0 aliphatic carbocycles. The van der Waals surface area contributed by atoms with Crippen LogP contribution in [-0.2, 0) is 14.2 Å². The first kappa shape index (κ1) is 26.8. The van der Waals surface area contributed by atoms with Gasteiger partial charge in [-0.3, -0.25) is 14.6 Å². The molecule has 0 bridgehead atoms. The number of hydrogen-bond acceptors (Lipinski definition) is 8. The number of benzene rings is 1. The van der Waals surface area contributed by atoms with E-state index in [1.165, 1.54) is 0 Å². The molecule has 2 atom stereocenters. The number of ether oxygens (including phenoxy) is 4. The molecule has 2 saturated heterocycles. The SMILES string of the molecule is COc1cccc(C(=O)N(CCN2CCOCC2)C[C@@H]2CN(C[C@H](O)COC(C)C)CCO2)c1. The van der Waals surface area contributed by atoms with E-state index in [1.807, 2.05) is 36.9 Å². The van der Waals surface area contributed by atoms with Crippen LogP contribution in [0.1, 0.15) is 24.2 Å². The minimum absolute atomic E-state index is 0.0294. The van der Waals surface area contributed by atoms with Crippen molar-refractivity contribution in [1.82, 2.24) is 14.7 Å². The Morgan fingerprint density at radius 1 is 1.21 bits per heavy atom. The van der Waals surface area contributed by atoms with Gasteiger partial charge in [-0.2, -0.15) is 0 Å². The fourth-order valence-corrected chi connectivity index (χ4v) is 4.26. The largest absolute Gasteiger partial charge is 0.497 e. The molecule has 192 valence electrons. The molecule has 2 fully saturated rings. The molecule has 1 amide bonds. The van der Waals surface area contributed by atoms with E-state index in [-0.39, 0.29) is 18.1 Å². The zero-order valence-corrected chi connectivity index (χ0v) is 20.9. The van der Waals surface area contributed by atoms with E-state index in [4.69, 9.17) is 18.9 Å². The fourth-order valence-electron chi connectivity index (χ4n) is 4.26. The molecule has 2 aliphatic rings. The molecular formula is C25H41N3O6. The third kappa shape index (κ3) is 8.79. The smallest absolute Gasteiger partial charge is 0.254 e. The normalized spacial score (nSPS) is 20.9. The van der Waals surface area contributed by atoms with Crippen molar-refractivity contribution in [2.75, 3.05) is 85.9 Å². The quantitative estimate of drug-likeness (QED) is 0.475. The van der Waals surface area contributed by atoms with Crippen molar-refractivity contribution in [1.29, 1.82) is 0 Å². The van der Waals surface area contributed by atoms with Crippen LogP contribution < -0.4 is 4.74 Å². The standard InChI is InChI=1S/C25H41N3O6/c1-20(2)34-19-22(29)16-27-11-14-33-24(17-27)18-28(8-7-26-9-12-32-13-10-26)25(30)21-5-4-6-23(15-21)31-3/h4-6,15,20,22,24,29H,7-14,16-19H2,1-3H3/t22-,24-/m0/s1. The van der Waals surface area contributed by atoms with E-state index in [2.05, 4.69) is 9.80 Å². The number of aliphatic hydroxyl groups excluding tert-OH is 1. The van der Waals surface area contributed by atoms with Gasteiger partial charge in [-0.15, -0.1) is 0 Å². The molecule has 0 unspecified atom stereocenters. The third-order valence-electron chi connectivity index (χ3n) is 6.13. The maximum atomic E-state index is 13.5. The molecule has 1 aromatic rings. The van der Waals surface area contributed by atoms with Crippen molar-refractivity contribution >= 4 is 5.91 Å². The average Bonchev–Trinajstić information content (AvgIpc) is 2.85. The van der Waals surface area contributed by atoms with Crippen LogP contribution in [0.3, 0.4) is 0 Å². The van der Waals surface area contributed by atoms with Gasteiger partial charge in [0.05, 0.1) is 51.8 Å². The number of nitrogens with zero attached hydrogens (tertiary/aromatic N) is 3. The van der Waals surface area contributed by atoms with Crippen molar-refractivity contribution in [3.8, 4) is 5.75 Å². The van der Waals surface area contributed by atoms with E-state index in [9.17, 15) is 9.90 Å². The monoisotopic (exact) mass is 479 g/mol. The number of rotatable bonds is 12. The zero-order valence-electron chi connectivity index (χ0n) is 20.9. The highest BCUT2D eigenvalue weighted by atomic mass is 16.5. The van der Waals surface area contributed by atoms with Gasteiger partial charge in [0.15, 0.2) is 0 Å². The Balaban J connectivity index is 1.61. The summed E-state index contributed by atoms with van der Waals surface area (Å²) in [5.41, 5.74) is 0.607. The Morgan fingerprint density at radius 2 is 1.97 bits per heavy atom. The lowest BCUT2D eigenvalue weighted by Gasteiger charge is -2.37. The van der Waals surface area contributed by atoms with Gasteiger partial charge in [0.2, 0.25) is 0 Å². The molecular weight excluding hydrogens is 438 g/mol. The molecule has 0 aromatic heterocycles. The van der Waals surface area contributed by atoms with Crippen molar-refractivity contribution in [3.05, 3.63) is 29.8 Å². The molecule has 2 heterocycles. The van der Waals surface area contributed by atoms with Crippen LogP contribution in [0.4, 0.5) is 0 Å². The Hall–Kier alpha value is -1.75. The van der Waals surface area contributed by atoms with Crippen LogP contribution in [0.2, 0.25) is 0 Å². The maximum Gasteiger partial charge on any atom is 0.254 e. The topological polar surface area (TPSA) is 83.9 Å². The average molecular weight is 480 g/mol. The predicted octanol–water partition coefficient (Wildman–Crippen LogP) is 0.956. The van der Waals surface area contributed by atoms with Crippen LogP contribution in [-0.4, -0.2) is 130 Å². The van der Waals surface area contributed by atoms with Crippen LogP contribution in [0.5, 0.6) is 5.75 Å². The second-order valence-electron chi connectivity index (χ2n) is 9.23. The van der Waals surface area contributed by atoms with Crippen LogP contribution in [0.25, 0.3) is 0 Å². The summed E-state index contributed by atoms with van der Waals surface area (Å²) in [7, 11) is 1.60. The minimum atomic E-state index is -0.544. The van der Waals surface area contributed by atoms with E-state index in [0.29, 0.717) is 50.7 Å². The van der Waals surface area contributed by atoms with Gasteiger partial charge in [-0.1, -0.05) is 6.07 Å². The lowest BCUT2D eigenvalue weighted by molar-refractivity contribution is -0.0633. The summed E-state index contributed by atoms with van der Waals surface area (Å²) in [6, 6.07) is 7.28. The molecule has 9 heteroatoms. The van der Waals surface area contributed by atoms with Gasteiger partial charge >= 0.3 is 0 Å². The summed E-state index contributed by atoms with van der Waals surface area (Å²) < 4.78 is 22.3. The number of morpholine rings is 2. The lowest BCUT2D eigenvalue weighted by atomic mass is 10.1. The Morgan fingerprint density at radius 3 is 2.71 bits per heavy atom. The molecule has 3 rings (SSSR count). The van der Waals surface area contributed by atoms with E-state index in [1.54, 1.807) is 13.2 Å². The minimum Gasteiger partial charge on any atom is -0.497 e. The molecule has 9 nitrogen and oxygen atoms in total. The van der Waals surface area contributed by atoms with Gasteiger partial charge in [0.1, 0.15) is 5.75 Å².